The zero-order chi connectivity index (χ0) is 20.4. The molecule has 0 saturated carbocycles. The van der Waals surface area contributed by atoms with Gasteiger partial charge in [-0.2, -0.15) is 9.37 Å². The van der Waals surface area contributed by atoms with Crippen LogP contribution >= 0.6 is 0 Å². The number of fused-ring (bicyclic) bond motifs is 1. The van der Waals surface area contributed by atoms with E-state index in [1.54, 1.807) is 24.3 Å². The molecule has 2 aromatic heterocycles. The highest BCUT2D eigenvalue weighted by molar-refractivity contribution is 6.05. The first-order chi connectivity index (χ1) is 13.4. The summed E-state index contributed by atoms with van der Waals surface area (Å²) in [6.45, 7) is 2.72. The minimum Gasteiger partial charge on any atom is -0.497 e. The lowest BCUT2D eigenvalue weighted by Crippen LogP contribution is -2.14. The second-order valence-corrected chi connectivity index (χ2v) is 5.75. The fourth-order valence-electron chi connectivity index (χ4n) is 2.64. The standard InChI is InChI=1S/C19H16F3N3O3/c1-4-28-19(26)13-16(24-10-5-7-11(27-3)8-6-10)12-15(21)14(20)9(2)23-18(12)25-17(13)22/h5-8H,4H2,1-3H3,(H,23,24,25). The molecule has 0 amide bonds. The van der Waals surface area contributed by atoms with E-state index in [1.807, 2.05) is 0 Å². The van der Waals surface area contributed by atoms with Gasteiger partial charge in [-0.15, -0.1) is 0 Å². The number of aromatic nitrogens is 2. The van der Waals surface area contributed by atoms with Gasteiger partial charge in [-0.3, -0.25) is 0 Å². The lowest BCUT2D eigenvalue weighted by atomic mass is 10.1. The van der Waals surface area contributed by atoms with Crippen LogP contribution in [0.25, 0.3) is 11.0 Å². The molecule has 0 bridgehead atoms. The van der Waals surface area contributed by atoms with Crippen molar-refractivity contribution in [3.8, 4) is 5.75 Å². The zero-order valence-electron chi connectivity index (χ0n) is 15.3. The lowest BCUT2D eigenvalue weighted by molar-refractivity contribution is 0.0521. The summed E-state index contributed by atoms with van der Waals surface area (Å²) >= 11 is 0. The van der Waals surface area contributed by atoms with E-state index in [4.69, 9.17) is 9.47 Å². The van der Waals surface area contributed by atoms with Crippen molar-refractivity contribution >= 4 is 28.4 Å². The lowest BCUT2D eigenvalue weighted by Gasteiger charge is -2.16. The number of pyridine rings is 2. The fourth-order valence-corrected chi connectivity index (χ4v) is 2.64. The molecule has 3 aromatic rings. The molecule has 1 N–H and O–H groups in total. The first-order valence-corrected chi connectivity index (χ1v) is 8.30. The number of hydrogen-bond acceptors (Lipinski definition) is 6. The van der Waals surface area contributed by atoms with Gasteiger partial charge in [0, 0.05) is 5.69 Å². The number of carbonyl (C=O) groups excluding carboxylic acids is 1. The highest BCUT2D eigenvalue weighted by Crippen LogP contribution is 2.34. The summed E-state index contributed by atoms with van der Waals surface area (Å²) in [7, 11) is 1.49. The highest BCUT2D eigenvalue weighted by Gasteiger charge is 2.27. The number of benzene rings is 1. The van der Waals surface area contributed by atoms with Gasteiger partial charge in [0.15, 0.2) is 17.3 Å². The number of halogens is 3. The van der Waals surface area contributed by atoms with Crippen molar-refractivity contribution in [2.24, 2.45) is 0 Å². The molecular formula is C19H16F3N3O3. The van der Waals surface area contributed by atoms with Gasteiger partial charge in [-0.1, -0.05) is 0 Å². The predicted molar refractivity (Wildman–Crippen MR) is 96.4 cm³/mol. The summed E-state index contributed by atoms with van der Waals surface area (Å²) in [5, 5.41) is 2.30. The largest absolute Gasteiger partial charge is 0.497 e. The molecule has 0 aliphatic heterocycles. The maximum Gasteiger partial charge on any atom is 0.344 e. The molecule has 146 valence electrons. The number of methoxy groups -OCH3 is 1. The van der Waals surface area contributed by atoms with Gasteiger partial charge >= 0.3 is 5.97 Å². The van der Waals surface area contributed by atoms with E-state index in [0.29, 0.717) is 11.4 Å². The first kappa shape index (κ1) is 19.4. The summed E-state index contributed by atoms with van der Waals surface area (Å²) in [6, 6.07) is 6.33. The Labute approximate surface area is 158 Å². The van der Waals surface area contributed by atoms with Crippen LogP contribution in [0.15, 0.2) is 24.3 Å². The van der Waals surface area contributed by atoms with Crippen LogP contribution < -0.4 is 10.1 Å². The number of aryl methyl sites for hydroxylation is 1. The van der Waals surface area contributed by atoms with E-state index >= 15 is 0 Å². The predicted octanol–water partition coefficient (Wildman–Crippen LogP) is 4.28. The van der Waals surface area contributed by atoms with E-state index in [0.717, 1.165) is 0 Å². The van der Waals surface area contributed by atoms with Crippen molar-refractivity contribution in [3.63, 3.8) is 0 Å². The van der Waals surface area contributed by atoms with Gasteiger partial charge < -0.3 is 14.8 Å². The molecule has 0 radical (unpaired) electrons. The van der Waals surface area contributed by atoms with Gasteiger partial charge in [0.1, 0.15) is 11.3 Å². The van der Waals surface area contributed by atoms with Crippen molar-refractivity contribution in [1.29, 1.82) is 0 Å². The van der Waals surface area contributed by atoms with E-state index in [9.17, 15) is 18.0 Å². The molecule has 9 heteroatoms. The molecule has 0 fully saturated rings. The molecule has 0 atom stereocenters. The first-order valence-electron chi connectivity index (χ1n) is 8.30. The van der Waals surface area contributed by atoms with Crippen LogP contribution in [0.1, 0.15) is 23.0 Å². The summed E-state index contributed by atoms with van der Waals surface area (Å²) < 4.78 is 53.4. The average molecular weight is 391 g/mol. The number of nitrogens with zero attached hydrogens (tertiary/aromatic N) is 2. The summed E-state index contributed by atoms with van der Waals surface area (Å²) in [5.41, 5.74) is -1.25. The molecule has 0 saturated heterocycles. The van der Waals surface area contributed by atoms with Crippen LogP contribution in [0.2, 0.25) is 0 Å². The maximum absolute atomic E-state index is 14.7. The number of nitrogens with one attached hydrogen (secondary N) is 1. The van der Waals surface area contributed by atoms with Crippen LogP contribution in [0.5, 0.6) is 5.75 Å². The van der Waals surface area contributed by atoms with E-state index < -0.39 is 34.5 Å². The average Bonchev–Trinajstić information content (AvgIpc) is 2.66. The van der Waals surface area contributed by atoms with Crippen molar-refractivity contribution in [3.05, 3.63) is 53.1 Å². The number of hydrogen-bond donors (Lipinski definition) is 1. The maximum atomic E-state index is 14.7. The Morgan fingerprint density at radius 2 is 1.79 bits per heavy atom. The third-order valence-corrected chi connectivity index (χ3v) is 3.98. The molecule has 0 aliphatic rings. The van der Waals surface area contributed by atoms with Crippen LogP contribution in [0, 0.1) is 24.5 Å². The number of anilines is 2. The third kappa shape index (κ3) is 3.42. The van der Waals surface area contributed by atoms with Crippen molar-refractivity contribution in [2.45, 2.75) is 13.8 Å². The molecule has 0 unspecified atom stereocenters. The Bertz CT molecular complexity index is 1060. The van der Waals surface area contributed by atoms with Crippen LogP contribution in [0.3, 0.4) is 0 Å². The van der Waals surface area contributed by atoms with Crippen LogP contribution in [-0.2, 0) is 4.74 Å². The number of ether oxygens (including phenoxy) is 2. The van der Waals surface area contributed by atoms with Gasteiger partial charge in [0.05, 0.1) is 30.5 Å². The van der Waals surface area contributed by atoms with Crippen LogP contribution in [0.4, 0.5) is 24.5 Å². The topological polar surface area (TPSA) is 73.3 Å². The molecule has 6 nitrogen and oxygen atoms in total. The molecule has 1 aromatic carbocycles. The quantitative estimate of drug-likeness (QED) is 0.517. The van der Waals surface area contributed by atoms with Gasteiger partial charge in [-0.25, -0.2) is 18.6 Å². The normalized spacial score (nSPS) is 10.8. The molecule has 3 rings (SSSR count). The molecule has 0 spiro atoms. The second-order valence-electron chi connectivity index (χ2n) is 5.75. The fraction of sp³-hybridized carbons (Fsp3) is 0.211. The third-order valence-electron chi connectivity index (χ3n) is 3.98. The number of carbonyl (C=O) groups is 1. The van der Waals surface area contributed by atoms with Gasteiger partial charge in [0.25, 0.3) is 0 Å². The Kier molecular flexibility index (Phi) is 5.34. The molecule has 2 heterocycles. The zero-order valence-corrected chi connectivity index (χ0v) is 15.3. The molecule has 0 aliphatic carbocycles. The van der Waals surface area contributed by atoms with Crippen LogP contribution in [-0.4, -0.2) is 29.7 Å². The summed E-state index contributed by atoms with van der Waals surface area (Å²) in [4.78, 5) is 19.6. The second kappa shape index (κ2) is 7.71. The van der Waals surface area contributed by atoms with E-state index in [1.165, 1.54) is 21.0 Å². The van der Waals surface area contributed by atoms with Crippen molar-refractivity contribution < 1.29 is 27.4 Å². The van der Waals surface area contributed by atoms with Crippen molar-refractivity contribution in [1.82, 2.24) is 9.97 Å². The highest BCUT2D eigenvalue weighted by atomic mass is 19.2. The van der Waals surface area contributed by atoms with Crippen molar-refractivity contribution in [2.75, 3.05) is 19.0 Å². The Balaban J connectivity index is 2.29. The molecular weight excluding hydrogens is 375 g/mol. The Hall–Kier alpha value is -3.36. The van der Waals surface area contributed by atoms with Gasteiger partial charge in [0.2, 0.25) is 5.95 Å². The number of rotatable bonds is 5. The van der Waals surface area contributed by atoms with E-state index in [2.05, 4.69) is 15.3 Å². The summed E-state index contributed by atoms with van der Waals surface area (Å²) in [5.74, 6) is -4.23. The minimum absolute atomic E-state index is 0.0404. The van der Waals surface area contributed by atoms with Gasteiger partial charge in [-0.05, 0) is 38.1 Å². The SMILES string of the molecule is CCOC(=O)c1c(F)nc2nc(C)c(F)c(F)c2c1Nc1ccc(OC)cc1. The summed E-state index contributed by atoms with van der Waals surface area (Å²) in [6.07, 6.45) is 0. The monoisotopic (exact) mass is 391 g/mol. The smallest absolute Gasteiger partial charge is 0.344 e. The number of esters is 1. The Morgan fingerprint density at radius 1 is 1.11 bits per heavy atom. The minimum atomic E-state index is -1.29. The van der Waals surface area contributed by atoms with E-state index in [-0.39, 0.29) is 23.6 Å². The Morgan fingerprint density at radius 3 is 2.39 bits per heavy atom. The molecule has 28 heavy (non-hydrogen) atoms.